The number of hydrogen-bond donors (Lipinski definition) is 1. The Labute approximate surface area is 93.6 Å². The van der Waals surface area contributed by atoms with Crippen molar-refractivity contribution >= 4 is 5.69 Å². The van der Waals surface area contributed by atoms with Crippen molar-refractivity contribution in [3.63, 3.8) is 0 Å². The molecule has 0 aliphatic heterocycles. The van der Waals surface area contributed by atoms with E-state index in [0.29, 0.717) is 12.0 Å². The van der Waals surface area contributed by atoms with Crippen LogP contribution in [0.5, 0.6) is 0 Å². The van der Waals surface area contributed by atoms with Crippen molar-refractivity contribution in [1.29, 1.82) is 0 Å². The summed E-state index contributed by atoms with van der Waals surface area (Å²) in [5.41, 5.74) is 0.0625. The second-order valence-corrected chi connectivity index (χ2v) is 4.34. The fourth-order valence-corrected chi connectivity index (χ4v) is 1.44. The van der Waals surface area contributed by atoms with Crippen molar-refractivity contribution < 1.29 is 9.31 Å². The Bertz CT molecular complexity index is 405. The first-order chi connectivity index (χ1) is 7.35. The van der Waals surface area contributed by atoms with Crippen LogP contribution >= 0.6 is 0 Å². The Morgan fingerprint density at radius 2 is 2.12 bits per heavy atom. The van der Waals surface area contributed by atoms with Crippen LogP contribution in [-0.2, 0) is 6.42 Å². The standard InChI is InChI=1S/C11H15FN2O2/c1-11(2,13-3)7-8-6-9(12)4-5-10(8)14(15)16/h4-6,13H,7H2,1-3H3. The third-order valence-corrected chi connectivity index (χ3v) is 2.55. The molecule has 5 heteroatoms. The van der Waals surface area contributed by atoms with Gasteiger partial charge < -0.3 is 5.32 Å². The van der Waals surface area contributed by atoms with Crippen LogP contribution in [-0.4, -0.2) is 17.5 Å². The predicted octanol–water partition coefficient (Wildman–Crippen LogP) is 2.27. The lowest BCUT2D eigenvalue weighted by Gasteiger charge is -2.23. The molecular weight excluding hydrogens is 211 g/mol. The van der Waals surface area contributed by atoms with E-state index in [2.05, 4.69) is 5.32 Å². The topological polar surface area (TPSA) is 55.2 Å². The predicted molar refractivity (Wildman–Crippen MR) is 59.9 cm³/mol. The maximum atomic E-state index is 13.0. The Balaban J connectivity index is 3.10. The van der Waals surface area contributed by atoms with Crippen LogP contribution in [0.25, 0.3) is 0 Å². The van der Waals surface area contributed by atoms with E-state index in [1.807, 2.05) is 13.8 Å². The second-order valence-electron chi connectivity index (χ2n) is 4.34. The average Bonchev–Trinajstić information content (AvgIpc) is 2.16. The summed E-state index contributed by atoms with van der Waals surface area (Å²) in [4.78, 5) is 10.3. The summed E-state index contributed by atoms with van der Waals surface area (Å²) in [6.07, 6.45) is 0.400. The third kappa shape index (κ3) is 3.00. The highest BCUT2D eigenvalue weighted by Gasteiger charge is 2.22. The lowest BCUT2D eigenvalue weighted by molar-refractivity contribution is -0.385. The average molecular weight is 226 g/mol. The van der Waals surface area contributed by atoms with E-state index < -0.39 is 10.7 Å². The van der Waals surface area contributed by atoms with Crippen molar-refractivity contribution in [1.82, 2.24) is 5.32 Å². The van der Waals surface area contributed by atoms with E-state index in [0.717, 1.165) is 6.07 Å². The minimum atomic E-state index is -0.486. The SMILES string of the molecule is CNC(C)(C)Cc1cc(F)ccc1[N+](=O)[O-]. The molecule has 4 nitrogen and oxygen atoms in total. The molecule has 1 aromatic carbocycles. The van der Waals surface area contributed by atoms with Crippen molar-refractivity contribution in [3.8, 4) is 0 Å². The van der Waals surface area contributed by atoms with Gasteiger partial charge in [0.25, 0.3) is 5.69 Å². The largest absolute Gasteiger partial charge is 0.314 e. The minimum absolute atomic E-state index is 0.0373. The highest BCUT2D eigenvalue weighted by Crippen LogP contribution is 2.23. The smallest absolute Gasteiger partial charge is 0.272 e. The number of nitro benzene ring substituents is 1. The van der Waals surface area contributed by atoms with Crippen LogP contribution in [0.4, 0.5) is 10.1 Å². The Morgan fingerprint density at radius 3 is 2.62 bits per heavy atom. The molecule has 0 aliphatic rings. The van der Waals surface area contributed by atoms with Gasteiger partial charge in [0.2, 0.25) is 0 Å². The quantitative estimate of drug-likeness (QED) is 0.633. The van der Waals surface area contributed by atoms with Crippen LogP contribution in [0.1, 0.15) is 19.4 Å². The zero-order chi connectivity index (χ0) is 12.3. The monoisotopic (exact) mass is 226 g/mol. The zero-order valence-electron chi connectivity index (χ0n) is 9.58. The van der Waals surface area contributed by atoms with Crippen LogP contribution in [0.2, 0.25) is 0 Å². The molecule has 1 rings (SSSR count). The molecule has 0 unspecified atom stereocenters. The first-order valence-corrected chi connectivity index (χ1v) is 4.97. The molecule has 1 aromatic rings. The Morgan fingerprint density at radius 1 is 1.50 bits per heavy atom. The maximum Gasteiger partial charge on any atom is 0.272 e. The molecule has 0 saturated heterocycles. The lowest BCUT2D eigenvalue weighted by atomic mass is 9.94. The molecule has 88 valence electrons. The number of halogens is 1. The van der Waals surface area contributed by atoms with Gasteiger partial charge in [0.1, 0.15) is 5.82 Å². The van der Waals surface area contributed by atoms with Crippen molar-refractivity contribution in [2.75, 3.05) is 7.05 Å². The van der Waals surface area contributed by atoms with Gasteiger partial charge in [0.05, 0.1) is 4.92 Å². The van der Waals surface area contributed by atoms with E-state index >= 15 is 0 Å². The maximum absolute atomic E-state index is 13.0. The fourth-order valence-electron chi connectivity index (χ4n) is 1.44. The molecule has 0 radical (unpaired) electrons. The molecular formula is C11H15FN2O2. The molecule has 0 spiro atoms. The Kier molecular flexibility index (Phi) is 3.59. The van der Waals surface area contributed by atoms with Crippen LogP contribution < -0.4 is 5.32 Å². The lowest BCUT2D eigenvalue weighted by Crippen LogP contribution is -2.38. The zero-order valence-corrected chi connectivity index (χ0v) is 9.58. The molecule has 1 N–H and O–H groups in total. The van der Waals surface area contributed by atoms with Crippen LogP contribution in [0.15, 0.2) is 18.2 Å². The summed E-state index contributed by atoms with van der Waals surface area (Å²) in [7, 11) is 1.77. The summed E-state index contributed by atoms with van der Waals surface area (Å²) < 4.78 is 13.0. The van der Waals surface area contributed by atoms with E-state index in [4.69, 9.17) is 0 Å². The molecule has 0 aliphatic carbocycles. The van der Waals surface area contributed by atoms with Crippen molar-refractivity contribution in [2.24, 2.45) is 0 Å². The molecule has 0 aromatic heterocycles. The summed E-state index contributed by atoms with van der Waals surface area (Å²) >= 11 is 0. The number of likely N-dealkylation sites (N-methyl/N-ethyl adjacent to an activating group) is 1. The van der Waals surface area contributed by atoms with Gasteiger partial charge in [-0.05, 0) is 39.4 Å². The van der Waals surface area contributed by atoms with E-state index in [-0.39, 0.29) is 11.2 Å². The fraction of sp³-hybridized carbons (Fsp3) is 0.455. The minimum Gasteiger partial charge on any atom is -0.314 e. The van der Waals surface area contributed by atoms with Crippen molar-refractivity contribution in [2.45, 2.75) is 25.8 Å². The Hall–Kier alpha value is -1.49. The van der Waals surface area contributed by atoms with E-state index in [1.165, 1.54) is 12.1 Å². The third-order valence-electron chi connectivity index (χ3n) is 2.55. The van der Waals surface area contributed by atoms with Gasteiger partial charge in [-0.25, -0.2) is 4.39 Å². The van der Waals surface area contributed by atoms with Gasteiger partial charge >= 0.3 is 0 Å². The van der Waals surface area contributed by atoms with Gasteiger partial charge in [0, 0.05) is 17.2 Å². The number of hydrogen-bond acceptors (Lipinski definition) is 3. The van der Waals surface area contributed by atoms with Gasteiger partial charge in [-0.3, -0.25) is 10.1 Å². The molecule has 0 saturated carbocycles. The number of rotatable bonds is 4. The molecule has 0 amide bonds. The first-order valence-electron chi connectivity index (χ1n) is 4.97. The summed E-state index contributed by atoms with van der Waals surface area (Å²) in [6.45, 7) is 3.81. The van der Waals surface area contributed by atoms with Gasteiger partial charge in [-0.2, -0.15) is 0 Å². The summed E-state index contributed by atoms with van der Waals surface area (Å²) in [5, 5.41) is 13.8. The van der Waals surface area contributed by atoms with Crippen molar-refractivity contribution in [3.05, 3.63) is 39.7 Å². The van der Waals surface area contributed by atoms with Gasteiger partial charge in [-0.1, -0.05) is 0 Å². The highest BCUT2D eigenvalue weighted by atomic mass is 19.1. The number of nitro groups is 1. The van der Waals surface area contributed by atoms with Gasteiger partial charge in [0.15, 0.2) is 0 Å². The van der Waals surface area contributed by atoms with E-state index in [1.54, 1.807) is 7.05 Å². The number of nitrogens with one attached hydrogen (secondary N) is 1. The first kappa shape index (κ1) is 12.6. The normalized spacial score (nSPS) is 11.5. The van der Waals surface area contributed by atoms with Crippen LogP contribution in [0.3, 0.4) is 0 Å². The number of nitrogens with zero attached hydrogens (tertiary/aromatic N) is 1. The van der Waals surface area contributed by atoms with E-state index in [9.17, 15) is 14.5 Å². The molecule has 0 fully saturated rings. The summed E-state index contributed by atoms with van der Waals surface area (Å²) in [6, 6.07) is 3.53. The van der Waals surface area contributed by atoms with Gasteiger partial charge in [-0.15, -0.1) is 0 Å². The second kappa shape index (κ2) is 4.57. The molecule has 0 heterocycles. The molecule has 0 bridgehead atoms. The highest BCUT2D eigenvalue weighted by molar-refractivity contribution is 5.41. The molecule has 0 atom stereocenters. The summed E-state index contributed by atoms with van der Waals surface area (Å²) in [5.74, 6) is -0.451. The molecule has 16 heavy (non-hydrogen) atoms. The number of benzene rings is 1. The van der Waals surface area contributed by atoms with Crippen LogP contribution in [0, 0.1) is 15.9 Å².